The number of carbonyl (C=O) groups excluding carboxylic acids is 2. The highest BCUT2D eigenvalue weighted by atomic mass is 79.9. The summed E-state index contributed by atoms with van der Waals surface area (Å²) in [5, 5.41) is 5.75. The van der Waals surface area contributed by atoms with Gasteiger partial charge in [-0.05, 0) is 15.9 Å². The SMILES string of the molecule is COC(=O)c1scc(Br)c1N1CC(S(N)(=O)=O)CC1=O. The highest BCUT2D eigenvalue weighted by molar-refractivity contribution is 9.10. The van der Waals surface area contributed by atoms with Crippen LogP contribution in [0.3, 0.4) is 0 Å². The molecule has 2 heterocycles. The number of hydrogen-bond donors (Lipinski definition) is 1. The number of carbonyl (C=O) groups is 2. The Hall–Kier alpha value is -0.970. The van der Waals surface area contributed by atoms with Crippen LogP contribution in [-0.4, -0.2) is 39.2 Å². The van der Waals surface area contributed by atoms with Crippen molar-refractivity contribution in [3.63, 3.8) is 0 Å². The van der Waals surface area contributed by atoms with E-state index in [-0.39, 0.29) is 17.8 Å². The molecule has 2 N–H and O–H groups in total. The number of primary sulfonamides is 1. The second-order valence-electron chi connectivity index (χ2n) is 4.17. The minimum Gasteiger partial charge on any atom is -0.465 e. The van der Waals surface area contributed by atoms with Crippen molar-refractivity contribution in [3.8, 4) is 0 Å². The number of amides is 1. The van der Waals surface area contributed by atoms with Gasteiger partial charge in [0.2, 0.25) is 15.9 Å². The third-order valence-electron chi connectivity index (χ3n) is 2.92. The summed E-state index contributed by atoms with van der Waals surface area (Å²) in [6, 6.07) is 0. The van der Waals surface area contributed by atoms with E-state index in [1.807, 2.05) is 0 Å². The summed E-state index contributed by atoms with van der Waals surface area (Å²) in [5.41, 5.74) is 0.331. The van der Waals surface area contributed by atoms with Gasteiger partial charge in [-0.1, -0.05) is 0 Å². The van der Waals surface area contributed by atoms with Crippen LogP contribution in [0.2, 0.25) is 0 Å². The molecule has 1 aliphatic heterocycles. The largest absolute Gasteiger partial charge is 0.465 e. The van der Waals surface area contributed by atoms with E-state index in [1.165, 1.54) is 12.0 Å². The van der Waals surface area contributed by atoms with Crippen LogP contribution in [0, 0.1) is 0 Å². The minimum absolute atomic E-state index is 0.0724. The first-order chi connectivity index (χ1) is 9.25. The van der Waals surface area contributed by atoms with Gasteiger partial charge in [-0.25, -0.2) is 18.4 Å². The standard InChI is InChI=1S/C10H11BrN2O5S2/c1-18-10(15)9-8(6(11)4-19-9)13-3-5(2-7(13)14)20(12,16)17/h4-5H,2-3H2,1H3,(H2,12,16,17). The number of esters is 1. The summed E-state index contributed by atoms with van der Waals surface area (Å²) in [4.78, 5) is 25.1. The Bertz CT molecular complexity index is 669. The Morgan fingerprint density at radius 2 is 2.25 bits per heavy atom. The fourth-order valence-electron chi connectivity index (χ4n) is 1.93. The maximum atomic E-state index is 12.0. The van der Waals surface area contributed by atoms with E-state index in [9.17, 15) is 18.0 Å². The van der Waals surface area contributed by atoms with Crippen LogP contribution in [0.5, 0.6) is 0 Å². The number of anilines is 1. The van der Waals surface area contributed by atoms with Crippen LogP contribution in [0.25, 0.3) is 0 Å². The molecule has 110 valence electrons. The van der Waals surface area contributed by atoms with Crippen molar-refractivity contribution < 1.29 is 22.7 Å². The zero-order chi connectivity index (χ0) is 15.1. The highest BCUT2D eigenvalue weighted by Gasteiger charge is 2.39. The molecule has 1 atom stereocenters. The Kier molecular flexibility index (Phi) is 4.19. The zero-order valence-corrected chi connectivity index (χ0v) is 13.5. The molecule has 0 bridgehead atoms. The quantitative estimate of drug-likeness (QED) is 0.773. The molecule has 1 unspecified atom stereocenters. The first kappa shape index (κ1) is 15.4. The lowest BCUT2D eigenvalue weighted by molar-refractivity contribution is -0.117. The molecular formula is C10H11BrN2O5S2. The Morgan fingerprint density at radius 3 is 2.75 bits per heavy atom. The van der Waals surface area contributed by atoms with Gasteiger partial charge in [0, 0.05) is 18.3 Å². The number of nitrogens with two attached hydrogens (primary N) is 1. The van der Waals surface area contributed by atoms with E-state index >= 15 is 0 Å². The van der Waals surface area contributed by atoms with Crippen molar-refractivity contribution >= 4 is 54.9 Å². The summed E-state index contributed by atoms with van der Waals surface area (Å²) in [6.45, 7) is -0.0724. The molecule has 1 saturated heterocycles. The lowest BCUT2D eigenvalue weighted by Crippen LogP contribution is -2.32. The van der Waals surface area contributed by atoms with Crippen molar-refractivity contribution in [2.24, 2.45) is 5.14 Å². The predicted octanol–water partition coefficient (Wildman–Crippen LogP) is 0.691. The molecular weight excluding hydrogens is 372 g/mol. The average Bonchev–Trinajstić information content (AvgIpc) is 2.91. The Labute approximate surface area is 127 Å². The molecule has 10 heteroatoms. The van der Waals surface area contributed by atoms with Crippen LogP contribution in [0.4, 0.5) is 5.69 Å². The van der Waals surface area contributed by atoms with Gasteiger partial charge in [0.15, 0.2) is 0 Å². The molecule has 1 amide bonds. The van der Waals surface area contributed by atoms with Crippen LogP contribution in [-0.2, 0) is 19.6 Å². The number of sulfonamides is 1. The van der Waals surface area contributed by atoms with Crippen molar-refractivity contribution in [1.29, 1.82) is 0 Å². The maximum absolute atomic E-state index is 12.0. The van der Waals surface area contributed by atoms with E-state index in [4.69, 9.17) is 5.14 Å². The first-order valence-corrected chi connectivity index (χ1v) is 8.71. The lowest BCUT2D eigenvalue weighted by Gasteiger charge is -2.17. The number of ether oxygens (including phenoxy) is 1. The van der Waals surface area contributed by atoms with E-state index < -0.39 is 27.1 Å². The summed E-state index contributed by atoms with van der Waals surface area (Å²) < 4.78 is 27.9. The molecule has 0 saturated carbocycles. The number of halogens is 1. The Balaban J connectivity index is 2.40. The van der Waals surface area contributed by atoms with Gasteiger partial charge in [-0.15, -0.1) is 11.3 Å². The summed E-state index contributed by atoms with van der Waals surface area (Å²) >= 11 is 4.36. The fourth-order valence-corrected chi connectivity index (χ4v) is 4.33. The molecule has 1 aromatic heterocycles. The van der Waals surface area contributed by atoms with E-state index in [2.05, 4.69) is 20.7 Å². The number of rotatable bonds is 3. The maximum Gasteiger partial charge on any atom is 0.350 e. The smallest absolute Gasteiger partial charge is 0.350 e. The van der Waals surface area contributed by atoms with Gasteiger partial charge in [0.25, 0.3) is 0 Å². The third kappa shape index (κ3) is 2.73. The van der Waals surface area contributed by atoms with Crippen LogP contribution in [0.1, 0.15) is 16.1 Å². The third-order valence-corrected chi connectivity index (χ3v) is 6.02. The molecule has 2 rings (SSSR count). The molecule has 0 aromatic carbocycles. The normalized spacial score (nSPS) is 19.4. The van der Waals surface area contributed by atoms with E-state index in [0.29, 0.717) is 10.2 Å². The minimum atomic E-state index is -3.80. The molecule has 0 aliphatic carbocycles. The number of hydrogen-bond acceptors (Lipinski definition) is 6. The highest BCUT2D eigenvalue weighted by Crippen LogP contribution is 2.38. The van der Waals surface area contributed by atoms with Crippen molar-refractivity contribution in [1.82, 2.24) is 0 Å². The van der Waals surface area contributed by atoms with Crippen LogP contribution in [0.15, 0.2) is 9.85 Å². The molecule has 1 aliphatic rings. The summed E-state index contributed by atoms with van der Waals surface area (Å²) in [5.74, 6) is -0.976. The fraction of sp³-hybridized carbons (Fsp3) is 0.400. The van der Waals surface area contributed by atoms with Crippen LogP contribution >= 0.6 is 27.3 Å². The second-order valence-corrected chi connectivity index (χ2v) is 7.75. The zero-order valence-electron chi connectivity index (χ0n) is 10.3. The topological polar surface area (TPSA) is 107 Å². The average molecular weight is 383 g/mol. The number of nitrogens with zero attached hydrogens (tertiary/aromatic N) is 1. The molecule has 0 spiro atoms. The van der Waals surface area contributed by atoms with Crippen molar-refractivity contribution in [3.05, 3.63) is 14.7 Å². The molecule has 0 radical (unpaired) electrons. The molecule has 20 heavy (non-hydrogen) atoms. The van der Waals surface area contributed by atoms with Crippen molar-refractivity contribution in [2.75, 3.05) is 18.6 Å². The molecule has 1 aromatic rings. The van der Waals surface area contributed by atoms with Gasteiger partial charge in [0.1, 0.15) is 10.1 Å². The molecule has 7 nitrogen and oxygen atoms in total. The second kappa shape index (κ2) is 5.43. The lowest BCUT2D eigenvalue weighted by atomic mass is 10.3. The van der Waals surface area contributed by atoms with E-state index in [0.717, 1.165) is 11.3 Å². The van der Waals surface area contributed by atoms with E-state index in [1.54, 1.807) is 5.38 Å². The van der Waals surface area contributed by atoms with Gasteiger partial charge in [-0.2, -0.15) is 0 Å². The number of thiophene rings is 1. The summed E-state index contributed by atoms with van der Waals surface area (Å²) in [6.07, 6.45) is -0.193. The monoisotopic (exact) mass is 382 g/mol. The summed E-state index contributed by atoms with van der Waals surface area (Å²) in [7, 11) is -2.57. The molecule has 1 fully saturated rings. The van der Waals surface area contributed by atoms with Crippen molar-refractivity contribution in [2.45, 2.75) is 11.7 Å². The van der Waals surface area contributed by atoms with Gasteiger partial charge in [-0.3, -0.25) is 4.79 Å². The van der Waals surface area contributed by atoms with Gasteiger partial charge < -0.3 is 9.64 Å². The number of methoxy groups -OCH3 is 1. The first-order valence-electron chi connectivity index (χ1n) is 5.43. The predicted molar refractivity (Wildman–Crippen MR) is 77.2 cm³/mol. The van der Waals surface area contributed by atoms with Crippen LogP contribution < -0.4 is 10.0 Å². The Morgan fingerprint density at radius 1 is 1.60 bits per heavy atom. The van der Waals surface area contributed by atoms with Gasteiger partial charge in [0.05, 0.1) is 17.3 Å². The van der Waals surface area contributed by atoms with Gasteiger partial charge >= 0.3 is 5.97 Å².